The molecule has 0 atom stereocenters. The van der Waals surface area contributed by atoms with Gasteiger partial charge < -0.3 is 10.1 Å². The number of anilines is 1. The molecule has 1 amide bonds. The first-order valence-electron chi connectivity index (χ1n) is 4.17. The van der Waals surface area contributed by atoms with E-state index in [0.717, 1.165) is 11.5 Å². The highest BCUT2D eigenvalue weighted by atomic mass is 32.1. The Hall–Kier alpha value is -1.30. The lowest BCUT2D eigenvalue weighted by Crippen LogP contribution is -2.12. The molecule has 1 heterocycles. The zero-order chi connectivity index (χ0) is 10.6. The summed E-state index contributed by atoms with van der Waals surface area (Å²) in [6, 6.07) is 0. The number of nitrogens with zero attached hydrogens (tertiary/aromatic N) is 2. The molecule has 0 aliphatic rings. The minimum Gasteiger partial charge on any atom is -0.301 e. The number of carbonyl (C=O) groups excluding carboxylic acids is 2. The molecule has 0 saturated heterocycles. The van der Waals surface area contributed by atoms with Crippen LogP contribution in [0.2, 0.25) is 0 Å². The van der Waals surface area contributed by atoms with Gasteiger partial charge in [0, 0.05) is 24.4 Å². The SMILES string of the molecule is CC(=O)CCC(=O)Nc1nc(C)ns1. The van der Waals surface area contributed by atoms with E-state index >= 15 is 0 Å². The number of aryl methyl sites for hydroxylation is 1. The maximum absolute atomic E-state index is 11.2. The van der Waals surface area contributed by atoms with Crippen molar-refractivity contribution in [3.8, 4) is 0 Å². The van der Waals surface area contributed by atoms with E-state index in [9.17, 15) is 9.59 Å². The Balaban J connectivity index is 2.37. The molecule has 0 aliphatic carbocycles. The molecule has 0 aliphatic heterocycles. The Labute approximate surface area is 85.7 Å². The maximum atomic E-state index is 11.2. The second-order valence-electron chi connectivity index (χ2n) is 2.90. The molecule has 76 valence electrons. The average Bonchev–Trinajstić information content (AvgIpc) is 2.48. The minimum absolute atomic E-state index is 0.00796. The number of ketones is 1. The third kappa shape index (κ3) is 3.61. The summed E-state index contributed by atoms with van der Waals surface area (Å²) in [5.74, 6) is 0.446. The predicted octanol–water partition coefficient (Wildman–Crippen LogP) is 1.15. The van der Waals surface area contributed by atoms with Crippen LogP contribution >= 0.6 is 11.5 Å². The van der Waals surface area contributed by atoms with Crippen LogP contribution in [0.4, 0.5) is 5.13 Å². The van der Waals surface area contributed by atoms with Crippen molar-refractivity contribution in [3.05, 3.63) is 5.82 Å². The third-order valence-corrected chi connectivity index (χ3v) is 2.20. The number of carbonyl (C=O) groups is 2. The first-order valence-corrected chi connectivity index (χ1v) is 4.95. The molecule has 1 aromatic heterocycles. The number of aromatic nitrogens is 2. The van der Waals surface area contributed by atoms with Crippen molar-refractivity contribution in [1.29, 1.82) is 0 Å². The van der Waals surface area contributed by atoms with Crippen LogP contribution in [0.1, 0.15) is 25.6 Å². The molecule has 0 bridgehead atoms. The zero-order valence-corrected chi connectivity index (χ0v) is 8.85. The van der Waals surface area contributed by atoms with E-state index in [2.05, 4.69) is 14.7 Å². The summed E-state index contributed by atoms with van der Waals surface area (Å²) in [6.45, 7) is 3.21. The van der Waals surface area contributed by atoms with E-state index in [1.165, 1.54) is 6.92 Å². The summed E-state index contributed by atoms with van der Waals surface area (Å²) in [5, 5.41) is 3.05. The van der Waals surface area contributed by atoms with Gasteiger partial charge in [-0.25, -0.2) is 4.98 Å². The van der Waals surface area contributed by atoms with Crippen LogP contribution in [-0.4, -0.2) is 21.0 Å². The topological polar surface area (TPSA) is 72.0 Å². The van der Waals surface area contributed by atoms with Gasteiger partial charge >= 0.3 is 0 Å². The highest BCUT2D eigenvalue weighted by Gasteiger charge is 2.06. The van der Waals surface area contributed by atoms with Crippen LogP contribution in [0, 0.1) is 6.92 Å². The third-order valence-electron chi connectivity index (χ3n) is 1.48. The van der Waals surface area contributed by atoms with Crippen molar-refractivity contribution in [2.24, 2.45) is 0 Å². The number of nitrogens with one attached hydrogen (secondary N) is 1. The van der Waals surface area contributed by atoms with Gasteiger partial charge in [-0.05, 0) is 13.8 Å². The molecule has 1 N–H and O–H groups in total. The second-order valence-corrected chi connectivity index (χ2v) is 3.65. The van der Waals surface area contributed by atoms with E-state index in [0.29, 0.717) is 11.0 Å². The van der Waals surface area contributed by atoms with Gasteiger partial charge in [0.2, 0.25) is 11.0 Å². The number of Topliss-reactive ketones (excluding diaryl/α,β-unsaturated/α-hetero) is 1. The van der Waals surface area contributed by atoms with Crippen molar-refractivity contribution in [2.45, 2.75) is 26.7 Å². The second kappa shape index (κ2) is 4.80. The Bertz CT molecular complexity index is 348. The Kier molecular flexibility index (Phi) is 3.70. The van der Waals surface area contributed by atoms with Crippen LogP contribution in [-0.2, 0) is 9.59 Å². The number of amides is 1. The van der Waals surface area contributed by atoms with Crippen LogP contribution in [0.3, 0.4) is 0 Å². The van der Waals surface area contributed by atoms with E-state index in [4.69, 9.17) is 0 Å². The predicted molar refractivity (Wildman–Crippen MR) is 53.2 cm³/mol. The Morgan fingerprint density at radius 2 is 2.14 bits per heavy atom. The fourth-order valence-electron chi connectivity index (χ4n) is 0.819. The molecule has 1 rings (SSSR count). The molecule has 0 spiro atoms. The van der Waals surface area contributed by atoms with Crippen molar-refractivity contribution in [3.63, 3.8) is 0 Å². The molecule has 0 aromatic carbocycles. The average molecular weight is 213 g/mol. The maximum Gasteiger partial charge on any atom is 0.226 e. The Morgan fingerprint density at radius 3 is 2.64 bits per heavy atom. The van der Waals surface area contributed by atoms with Crippen molar-refractivity contribution in [1.82, 2.24) is 9.36 Å². The Morgan fingerprint density at radius 1 is 1.43 bits per heavy atom. The minimum atomic E-state index is -0.198. The van der Waals surface area contributed by atoms with E-state index in [1.807, 2.05) is 0 Å². The highest BCUT2D eigenvalue weighted by Crippen LogP contribution is 2.10. The quantitative estimate of drug-likeness (QED) is 0.814. The molecule has 0 unspecified atom stereocenters. The van der Waals surface area contributed by atoms with Crippen LogP contribution in [0.5, 0.6) is 0 Å². The number of hydrogen-bond donors (Lipinski definition) is 1. The van der Waals surface area contributed by atoms with Crippen LogP contribution in [0.15, 0.2) is 0 Å². The van der Waals surface area contributed by atoms with Gasteiger partial charge in [-0.2, -0.15) is 4.37 Å². The van der Waals surface area contributed by atoms with Crippen molar-refractivity contribution < 1.29 is 9.59 Å². The van der Waals surface area contributed by atoms with Crippen LogP contribution in [0.25, 0.3) is 0 Å². The summed E-state index contributed by atoms with van der Waals surface area (Å²) in [4.78, 5) is 25.8. The van der Waals surface area contributed by atoms with Gasteiger partial charge in [0.05, 0.1) is 0 Å². The van der Waals surface area contributed by atoms with Crippen LogP contribution < -0.4 is 5.32 Å². The van der Waals surface area contributed by atoms with Gasteiger partial charge in [0.15, 0.2) is 0 Å². The van der Waals surface area contributed by atoms with Crippen molar-refractivity contribution >= 4 is 28.4 Å². The van der Waals surface area contributed by atoms with E-state index in [-0.39, 0.29) is 24.5 Å². The summed E-state index contributed by atoms with van der Waals surface area (Å²) in [5.41, 5.74) is 0. The molecular formula is C8H11N3O2S. The van der Waals surface area contributed by atoms with Gasteiger partial charge in [-0.15, -0.1) is 0 Å². The summed E-state index contributed by atoms with van der Waals surface area (Å²) in [7, 11) is 0. The standard InChI is InChI=1S/C8H11N3O2S/c1-5(12)3-4-7(13)10-8-9-6(2)11-14-8/h3-4H2,1-2H3,(H,9,10,11,13). The molecule has 14 heavy (non-hydrogen) atoms. The fraction of sp³-hybridized carbons (Fsp3) is 0.500. The normalized spacial score (nSPS) is 9.86. The lowest BCUT2D eigenvalue weighted by atomic mass is 10.2. The molecule has 6 heteroatoms. The van der Waals surface area contributed by atoms with E-state index < -0.39 is 0 Å². The van der Waals surface area contributed by atoms with Gasteiger partial charge in [0.25, 0.3) is 0 Å². The first-order chi connectivity index (χ1) is 6.58. The monoisotopic (exact) mass is 213 g/mol. The molecule has 0 fully saturated rings. The summed E-state index contributed by atoms with van der Waals surface area (Å²) in [6.07, 6.45) is 0.470. The molecule has 0 radical (unpaired) electrons. The lowest BCUT2D eigenvalue weighted by Gasteiger charge is -1.98. The van der Waals surface area contributed by atoms with Gasteiger partial charge in [-0.1, -0.05) is 0 Å². The number of rotatable bonds is 4. The lowest BCUT2D eigenvalue weighted by molar-refractivity contribution is -0.121. The number of hydrogen-bond acceptors (Lipinski definition) is 5. The van der Waals surface area contributed by atoms with Gasteiger partial charge in [0.1, 0.15) is 11.6 Å². The molecular weight excluding hydrogens is 202 g/mol. The van der Waals surface area contributed by atoms with Gasteiger partial charge in [-0.3, -0.25) is 4.79 Å². The molecule has 5 nitrogen and oxygen atoms in total. The fourth-order valence-corrected chi connectivity index (χ4v) is 1.41. The molecule has 0 saturated carbocycles. The highest BCUT2D eigenvalue weighted by molar-refractivity contribution is 7.09. The summed E-state index contributed by atoms with van der Waals surface area (Å²) < 4.78 is 3.91. The first kappa shape index (κ1) is 10.8. The van der Waals surface area contributed by atoms with E-state index in [1.54, 1.807) is 6.92 Å². The summed E-state index contributed by atoms with van der Waals surface area (Å²) >= 11 is 1.13. The van der Waals surface area contributed by atoms with Crippen molar-refractivity contribution in [2.75, 3.05) is 5.32 Å². The largest absolute Gasteiger partial charge is 0.301 e. The smallest absolute Gasteiger partial charge is 0.226 e. The zero-order valence-electron chi connectivity index (χ0n) is 8.03. The molecule has 1 aromatic rings.